The molecule has 6 atom stereocenters. The average molecular weight is 396 g/mol. The standard InChI is InChI=1S/C25H33NO3/c1-16-7-6-14-25(2)23(29-25)22-19(13-12-16)20(24(27)28-22)15-26-21-11-5-9-17-8-3-4-10-18(17)21/h3-4,7-8,10,19-23,26H,5-6,9,11-15H2,1-2H3/b16-7+/t19-,20-,21-,22-,23-,25+/m0/s1. The van der Waals surface area contributed by atoms with Gasteiger partial charge in [-0.15, -0.1) is 0 Å². The molecular weight excluding hydrogens is 362 g/mol. The van der Waals surface area contributed by atoms with Crippen molar-refractivity contribution in [1.29, 1.82) is 0 Å². The molecule has 1 N–H and O–H groups in total. The first-order chi connectivity index (χ1) is 14.0. The van der Waals surface area contributed by atoms with Crippen LogP contribution < -0.4 is 5.32 Å². The summed E-state index contributed by atoms with van der Waals surface area (Å²) in [5.41, 5.74) is 4.16. The molecule has 0 aromatic heterocycles. The van der Waals surface area contributed by atoms with Crippen molar-refractivity contribution in [3.8, 4) is 0 Å². The molecule has 0 saturated carbocycles. The zero-order chi connectivity index (χ0) is 20.0. The van der Waals surface area contributed by atoms with Gasteiger partial charge < -0.3 is 14.8 Å². The van der Waals surface area contributed by atoms with Crippen LogP contribution in [0.4, 0.5) is 0 Å². The Bertz CT molecular complexity index is 818. The molecule has 2 aliphatic heterocycles. The number of hydrogen-bond donors (Lipinski definition) is 1. The van der Waals surface area contributed by atoms with Crippen molar-refractivity contribution in [2.45, 2.75) is 82.6 Å². The van der Waals surface area contributed by atoms with Crippen molar-refractivity contribution in [2.24, 2.45) is 11.8 Å². The van der Waals surface area contributed by atoms with E-state index < -0.39 is 0 Å². The summed E-state index contributed by atoms with van der Waals surface area (Å²) in [4.78, 5) is 12.9. The monoisotopic (exact) mass is 395 g/mol. The summed E-state index contributed by atoms with van der Waals surface area (Å²) in [5.74, 6) is 0.132. The van der Waals surface area contributed by atoms with Crippen molar-refractivity contribution in [3.05, 3.63) is 47.0 Å². The Balaban J connectivity index is 1.32. The Kier molecular flexibility index (Phi) is 5.03. The van der Waals surface area contributed by atoms with Crippen molar-refractivity contribution >= 4 is 5.97 Å². The third-order valence-electron chi connectivity index (χ3n) is 7.69. The lowest BCUT2D eigenvalue weighted by atomic mass is 9.80. The zero-order valence-electron chi connectivity index (χ0n) is 17.7. The smallest absolute Gasteiger partial charge is 0.311 e. The molecule has 156 valence electrons. The fourth-order valence-corrected chi connectivity index (χ4v) is 5.81. The molecule has 0 amide bonds. The molecule has 4 nitrogen and oxygen atoms in total. The summed E-state index contributed by atoms with van der Waals surface area (Å²) in [6, 6.07) is 9.08. The van der Waals surface area contributed by atoms with Gasteiger partial charge >= 0.3 is 5.97 Å². The number of allylic oxidation sites excluding steroid dienone is 2. The minimum Gasteiger partial charge on any atom is -0.459 e. The summed E-state index contributed by atoms with van der Waals surface area (Å²) >= 11 is 0. The summed E-state index contributed by atoms with van der Waals surface area (Å²) < 4.78 is 12.0. The van der Waals surface area contributed by atoms with E-state index in [1.165, 1.54) is 23.1 Å². The van der Waals surface area contributed by atoms with Gasteiger partial charge in [0.2, 0.25) is 0 Å². The molecule has 0 bridgehead atoms. The number of rotatable bonds is 3. The number of aryl methyl sites for hydroxylation is 1. The van der Waals surface area contributed by atoms with Crippen LogP contribution in [0.15, 0.2) is 35.9 Å². The highest BCUT2D eigenvalue weighted by atomic mass is 16.6. The van der Waals surface area contributed by atoms with Crippen molar-refractivity contribution in [2.75, 3.05) is 6.54 Å². The lowest BCUT2D eigenvalue weighted by molar-refractivity contribution is -0.144. The molecule has 0 spiro atoms. The number of esters is 1. The van der Waals surface area contributed by atoms with E-state index in [1.54, 1.807) is 0 Å². The number of nitrogens with one attached hydrogen (secondary N) is 1. The molecule has 1 aromatic carbocycles. The summed E-state index contributed by atoms with van der Waals surface area (Å²) in [6.07, 6.45) is 9.96. The van der Waals surface area contributed by atoms with Crippen LogP contribution in [0, 0.1) is 11.8 Å². The second-order valence-corrected chi connectivity index (χ2v) is 9.70. The van der Waals surface area contributed by atoms with Crippen LogP contribution in [0.2, 0.25) is 0 Å². The lowest BCUT2D eigenvalue weighted by Gasteiger charge is -2.28. The van der Waals surface area contributed by atoms with E-state index in [0.29, 0.717) is 12.6 Å². The van der Waals surface area contributed by atoms with Gasteiger partial charge in [0.25, 0.3) is 0 Å². The molecule has 0 unspecified atom stereocenters. The normalized spacial score (nSPS) is 40.7. The van der Waals surface area contributed by atoms with Gasteiger partial charge in [0.1, 0.15) is 12.2 Å². The molecule has 4 aliphatic rings. The van der Waals surface area contributed by atoms with Gasteiger partial charge in [-0.25, -0.2) is 0 Å². The Labute approximate surface area is 174 Å². The fourth-order valence-electron chi connectivity index (χ4n) is 5.81. The molecule has 2 fully saturated rings. The number of carbonyl (C=O) groups excluding carboxylic acids is 1. The zero-order valence-corrected chi connectivity index (χ0v) is 17.7. The highest BCUT2D eigenvalue weighted by molar-refractivity contribution is 5.76. The van der Waals surface area contributed by atoms with Crippen molar-refractivity contribution in [3.63, 3.8) is 0 Å². The van der Waals surface area contributed by atoms with Crippen molar-refractivity contribution in [1.82, 2.24) is 5.32 Å². The van der Waals surface area contributed by atoms with E-state index in [9.17, 15) is 4.79 Å². The van der Waals surface area contributed by atoms with E-state index in [1.807, 2.05) is 0 Å². The number of ether oxygens (including phenoxy) is 2. The Morgan fingerprint density at radius 3 is 2.97 bits per heavy atom. The van der Waals surface area contributed by atoms with Crippen LogP contribution in [-0.4, -0.2) is 30.3 Å². The second-order valence-electron chi connectivity index (χ2n) is 9.70. The lowest BCUT2D eigenvalue weighted by Crippen LogP contribution is -2.36. The van der Waals surface area contributed by atoms with E-state index in [4.69, 9.17) is 9.47 Å². The molecule has 2 saturated heterocycles. The number of carbonyl (C=O) groups is 1. The van der Waals surface area contributed by atoms with Gasteiger partial charge in [-0.3, -0.25) is 4.79 Å². The molecule has 2 aliphatic carbocycles. The predicted molar refractivity (Wildman–Crippen MR) is 112 cm³/mol. The van der Waals surface area contributed by atoms with E-state index in [-0.39, 0.29) is 35.6 Å². The minimum atomic E-state index is -0.123. The number of benzene rings is 1. The summed E-state index contributed by atoms with van der Waals surface area (Å²) in [6.45, 7) is 5.09. The first-order valence-electron chi connectivity index (χ1n) is 11.4. The van der Waals surface area contributed by atoms with Crippen LogP contribution in [-0.2, 0) is 20.7 Å². The van der Waals surface area contributed by atoms with Gasteiger partial charge in [-0.1, -0.05) is 35.9 Å². The molecular formula is C25H33NO3. The van der Waals surface area contributed by atoms with E-state index in [2.05, 4.69) is 49.5 Å². The maximum Gasteiger partial charge on any atom is 0.311 e. The van der Waals surface area contributed by atoms with Crippen LogP contribution >= 0.6 is 0 Å². The fraction of sp³-hybridized carbons (Fsp3) is 0.640. The summed E-state index contributed by atoms with van der Waals surface area (Å²) in [7, 11) is 0. The largest absolute Gasteiger partial charge is 0.459 e. The Morgan fingerprint density at radius 2 is 2.07 bits per heavy atom. The van der Waals surface area contributed by atoms with E-state index >= 15 is 0 Å². The molecule has 5 rings (SSSR count). The number of epoxide rings is 1. The summed E-state index contributed by atoms with van der Waals surface area (Å²) in [5, 5.41) is 3.74. The van der Waals surface area contributed by atoms with E-state index in [0.717, 1.165) is 38.5 Å². The van der Waals surface area contributed by atoms with Gasteiger partial charge in [0.15, 0.2) is 0 Å². The van der Waals surface area contributed by atoms with Crippen LogP contribution in [0.25, 0.3) is 0 Å². The predicted octanol–water partition coefficient (Wildman–Crippen LogP) is 4.49. The third kappa shape index (κ3) is 3.66. The van der Waals surface area contributed by atoms with Crippen molar-refractivity contribution < 1.29 is 14.3 Å². The van der Waals surface area contributed by atoms with Gasteiger partial charge in [-0.2, -0.15) is 0 Å². The molecule has 0 radical (unpaired) electrons. The topological polar surface area (TPSA) is 50.9 Å². The van der Waals surface area contributed by atoms with Crippen LogP contribution in [0.5, 0.6) is 0 Å². The third-order valence-corrected chi connectivity index (χ3v) is 7.69. The average Bonchev–Trinajstić information content (AvgIpc) is 3.28. The number of hydrogen-bond acceptors (Lipinski definition) is 4. The highest BCUT2D eigenvalue weighted by Crippen LogP contribution is 2.50. The van der Waals surface area contributed by atoms with Crippen LogP contribution in [0.1, 0.15) is 69.5 Å². The second kappa shape index (κ2) is 7.55. The minimum absolute atomic E-state index is 0.0321. The highest BCUT2D eigenvalue weighted by Gasteiger charge is 2.62. The number of fused-ring (bicyclic) bond motifs is 4. The molecule has 29 heavy (non-hydrogen) atoms. The van der Waals surface area contributed by atoms with Gasteiger partial charge in [0, 0.05) is 18.5 Å². The maximum absolute atomic E-state index is 12.9. The Morgan fingerprint density at radius 1 is 1.21 bits per heavy atom. The molecule has 2 heterocycles. The SMILES string of the molecule is C/C1=C\CC[C@@]2(C)O[C@H]2[C@H]2OC(=O)[C@@H](CN[C@H]3CCCc4ccccc43)[C@@H]2CC1. The molecule has 1 aromatic rings. The molecule has 4 heteroatoms. The van der Waals surface area contributed by atoms with Crippen LogP contribution in [0.3, 0.4) is 0 Å². The maximum atomic E-state index is 12.9. The Hall–Kier alpha value is -1.65. The van der Waals surface area contributed by atoms with Gasteiger partial charge in [0.05, 0.1) is 11.5 Å². The quantitative estimate of drug-likeness (QED) is 0.465. The van der Waals surface area contributed by atoms with Gasteiger partial charge in [-0.05, 0) is 69.9 Å². The first-order valence-corrected chi connectivity index (χ1v) is 11.4. The first kappa shape index (κ1) is 19.3.